The fourth-order valence-corrected chi connectivity index (χ4v) is 1.29. The maximum absolute atomic E-state index is 10.7. The molecule has 0 aliphatic heterocycles. The van der Waals surface area contributed by atoms with E-state index in [0.29, 0.717) is 18.1 Å². The van der Waals surface area contributed by atoms with Gasteiger partial charge in [-0.3, -0.25) is 4.21 Å². The van der Waals surface area contributed by atoms with Crippen LogP contribution in [0.1, 0.15) is 0 Å². The first kappa shape index (κ1) is 9.98. The van der Waals surface area contributed by atoms with E-state index in [2.05, 4.69) is 10.3 Å². The molecular formula is C8H13N3OS. The van der Waals surface area contributed by atoms with Crippen molar-refractivity contribution in [1.29, 1.82) is 0 Å². The number of aromatic nitrogens is 1. The summed E-state index contributed by atoms with van der Waals surface area (Å²) in [4.78, 5) is 3.86. The summed E-state index contributed by atoms with van der Waals surface area (Å²) in [6, 6.07) is 3.58. The van der Waals surface area contributed by atoms with E-state index in [1.807, 2.05) is 6.07 Å². The lowest BCUT2D eigenvalue weighted by molar-refractivity contribution is 0.687. The van der Waals surface area contributed by atoms with E-state index in [1.165, 1.54) is 0 Å². The van der Waals surface area contributed by atoms with Crippen LogP contribution in [0.3, 0.4) is 0 Å². The zero-order chi connectivity index (χ0) is 9.68. The number of anilines is 2. The third kappa shape index (κ3) is 3.89. The van der Waals surface area contributed by atoms with Gasteiger partial charge in [0.15, 0.2) is 0 Å². The predicted octanol–water partition coefficient (Wildman–Crippen LogP) is 0.454. The molecule has 0 saturated heterocycles. The lowest BCUT2D eigenvalue weighted by Gasteiger charge is -2.04. The number of hydrogen-bond donors (Lipinski definition) is 2. The molecule has 1 rings (SSSR count). The van der Waals surface area contributed by atoms with Gasteiger partial charge in [-0.25, -0.2) is 4.98 Å². The van der Waals surface area contributed by atoms with Crippen molar-refractivity contribution < 1.29 is 4.21 Å². The van der Waals surface area contributed by atoms with Gasteiger partial charge in [0.2, 0.25) is 0 Å². The average molecular weight is 199 g/mol. The normalized spacial score (nSPS) is 12.4. The standard InChI is InChI=1S/C8H13N3OS/c1-13(12)5-4-10-7-2-3-11-8(9)6-7/h2-3,6H,4-5H2,1H3,(H3,9,10,11). The van der Waals surface area contributed by atoms with Crippen LogP contribution in [0.15, 0.2) is 18.3 Å². The summed E-state index contributed by atoms with van der Waals surface area (Å²) in [5.74, 6) is 1.13. The quantitative estimate of drug-likeness (QED) is 0.739. The monoisotopic (exact) mass is 199 g/mol. The molecule has 13 heavy (non-hydrogen) atoms. The second-order valence-corrected chi connectivity index (χ2v) is 4.23. The van der Waals surface area contributed by atoms with Crippen LogP contribution >= 0.6 is 0 Å². The second kappa shape index (κ2) is 4.81. The van der Waals surface area contributed by atoms with Crippen LogP contribution in [0.4, 0.5) is 11.5 Å². The van der Waals surface area contributed by atoms with Crippen molar-refractivity contribution in [2.45, 2.75) is 0 Å². The molecule has 1 unspecified atom stereocenters. The fourth-order valence-electron chi connectivity index (χ4n) is 0.897. The second-order valence-electron chi connectivity index (χ2n) is 2.67. The van der Waals surface area contributed by atoms with E-state index in [-0.39, 0.29) is 0 Å². The third-order valence-electron chi connectivity index (χ3n) is 1.50. The summed E-state index contributed by atoms with van der Waals surface area (Å²) in [5, 5.41) is 3.10. The first-order valence-electron chi connectivity index (χ1n) is 3.94. The fraction of sp³-hybridized carbons (Fsp3) is 0.375. The van der Waals surface area contributed by atoms with Gasteiger partial charge in [-0.05, 0) is 6.07 Å². The van der Waals surface area contributed by atoms with E-state index >= 15 is 0 Å². The van der Waals surface area contributed by atoms with Crippen LogP contribution in [-0.2, 0) is 10.8 Å². The van der Waals surface area contributed by atoms with Gasteiger partial charge in [0.05, 0.1) is 0 Å². The van der Waals surface area contributed by atoms with Gasteiger partial charge in [0.25, 0.3) is 0 Å². The number of nitrogens with two attached hydrogens (primary N) is 1. The Morgan fingerprint density at radius 3 is 3.08 bits per heavy atom. The first-order chi connectivity index (χ1) is 6.18. The average Bonchev–Trinajstić information content (AvgIpc) is 2.03. The van der Waals surface area contributed by atoms with Gasteiger partial charge in [-0.2, -0.15) is 0 Å². The lowest BCUT2D eigenvalue weighted by atomic mass is 10.4. The Hall–Kier alpha value is -1.10. The highest BCUT2D eigenvalue weighted by molar-refractivity contribution is 7.84. The molecule has 1 atom stereocenters. The number of nitrogen functional groups attached to an aromatic ring is 1. The van der Waals surface area contributed by atoms with Crippen molar-refractivity contribution in [3.63, 3.8) is 0 Å². The molecule has 1 heterocycles. The lowest BCUT2D eigenvalue weighted by Crippen LogP contribution is -2.09. The predicted molar refractivity (Wildman–Crippen MR) is 56.1 cm³/mol. The smallest absolute Gasteiger partial charge is 0.125 e. The summed E-state index contributed by atoms with van der Waals surface area (Å²) in [6.45, 7) is 0.687. The third-order valence-corrected chi connectivity index (χ3v) is 2.28. The summed E-state index contributed by atoms with van der Waals surface area (Å²) >= 11 is 0. The van der Waals surface area contributed by atoms with E-state index in [0.717, 1.165) is 5.69 Å². The van der Waals surface area contributed by atoms with Crippen LogP contribution in [0, 0.1) is 0 Å². The minimum atomic E-state index is -0.754. The van der Waals surface area contributed by atoms with Crippen LogP contribution in [-0.4, -0.2) is 27.7 Å². The van der Waals surface area contributed by atoms with Gasteiger partial charge >= 0.3 is 0 Å². The molecule has 1 aromatic heterocycles. The van der Waals surface area contributed by atoms with Crippen molar-refractivity contribution in [3.8, 4) is 0 Å². The molecular weight excluding hydrogens is 186 g/mol. The summed E-state index contributed by atoms with van der Waals surface area (Å²) in [6.07, 6.45) is 3.32. The molecule has 0 amide bonds. The molecule has 0 bridgehead atoms. The van der Waals surface area contributed by atoms with E-state index in [9.17, 15) is 4.21 Å². The Bertz CT molecular complexity index is 303. The Labute approximate surface area is 80.0 Å². The van der Waals surface area contributed by atoms with Crippen molar-refractivity contribution in [1.82, 2.24) is 4.98 Å². The van der Waals surface area contributed by atoms with Crippen LogP contribution in [0.2, 0.25) is 0 Å². The number of hydrogen-bond acceptors (Lipinski definition) is 4. The summed E-state index contributed by atoms with van der Waals surface area (Å²) < 4.78 is 10.7. The van der Waals surface area contributed by atoms with Gasteiger partial charge in [-0.1, -0.05) is 0 Å². The number of pyridine rings is 1. The van der Waals surface area contributed by atoms with Crippen molar-refractivity contribution in [2.75, 3.05) is 29.6 Å². The van der Waals surface area contributed by atoms with E-state index in [1.54, 1.807) is 18.5 Å². The van der Waals surface area contributed by atoms with Crippen LogP contribution < -0.4 is 11.1 Å². The van der Waals surface area contributed by atoms with E-state index < -0.39 is 10.8 Å². The highest BCUT2D eigenvalue weighted by Crippen LogP contribution is 2.07. The molecule has 0 spiro atoms. The number of nitrogens with zero attached hydrogens (tertiary/aromatic N) is 1. The molecule has 0 aliphatic carbocycles. The summed E-state index contributed by atoms with van der Waals surface area (Å²) in [5.41, 5.74) is 6.39. The molecule has 72 valence electrons. The molecule has 0 aromatic carbocycles. The molecule has 0 saturated carbocycles. The molecule has 1 aromatic rings. The van der Waals surface area contributed by atoms with Crippen LogP contribution in [0.25, 0.3) is 0 Å². The van der Waals surface area contributed by atoms with E-state index in [4.69, 9.17) is 5.73 Å². The topological polar surface area (TPSA) is 68.0 Å². The minimum absolute atomic E-state index is 0.489. The molecule has 0 radical (unpaired) electrons. The van der Waals surface area contributed by atoms with Gasteiger partial charge in [-0.15, -0.1) is 0 Å². The molecule has 3 N–H and O–H groups in total. The van der Waals surface area contributed by atoms with Crippen molar-refractivity contribution >= 4 is 22.3 Å². The van der Waals surface area contributed by atoms with Gasteiger partial charge in [0, 0.05) is 47.3 Å². The molecule has 0 fully saturated rings. The Kier molecular flexibility index (Phi) is 3.70. The summed E-state index contributed by atoms with van der Waals surface area (Å²) in [7, 11) is -0.754. The van der Waals surface area contributed by atoms with Gasteiger partial charge in [0.1, 0.15) is 5.82 Å². The zero-order valence-corrected chi connectivity index (χ0v) is 8.30. The Morgan fingerprint density at radius 1 is 1.69 bits per heavy atom. The minimum Gasteiger partial charge on any atom is -0.384 e. The zero-order valence-electron chi connectivity index (χ0n) is 7.49. The number of rotatable bonds is 4. The highest BCUT2D eigenvalue weighted by atomic mass is 32.2. The number of nitrogens with one attached hydrogen (secondary N) is 1. The van der Waals surface area contributed by atoms with Crippen molar-refractivity contribution in [3.05, 3.63) is 18.3 Å². The Morgan fingerprint density at radius 2 is 2.46 bits per heavy atom. The van der Waals surface area contributed by atoms with Crippen molar-refractivity contribution in [2.24, 2.45) is 0 Å². The van der Waals surface area contributed by atoms with Gasteiger partial charge < -0.3 is 11.1 Å². The first-order valence-corrected chi connectivity index (χ1v) is 5.66. The SMILES string of the molecule is CS(=O)CCNc1ccnc(N)c1. The van der Waals surface area contributed by atoms with Crippen LogP contribution in [0.5, 0.6) is 0 Å². The molecule has 4 nitrogen and oxygen atoms in total. The Balaban J connectivity index is 2.41. The maximum atomic E-state index is 10.7. The largest absolute Gasteiger partial charge is 0.384 e. The highest BCUT2D eigenvalue weighted by Gasteiger charge is 1.94. The molecule has 0 aliphatic rings. The maximum Gasteiger partial charge on any atom is 0.125 e. The molecule has 5 heteroatoms.